The Hall–Kier alpha value is 0.560. The summed E-state index contributed by atoms with van der Waals surface area (Å²) < 4.78 is 0. The smallest absolute Gasteiger partial charge is 0.0186 e. The quantitative estimate of drug-likeness (QED) is 0.839. The standard InChI is InChI=1S/C12H24N2S.ClH/c1-15-10-12-3-2-8-14(12)9-11-4-6-13-7-5-11;/h11-13H,2-10H2,1H3;1H. The van der Waals surface area contributed by atoms with Crippen LogP contribution in [0, 0.1) is 5.92 Å². The van der Waals surface area contributed by atoms with Crippen LogP contribution in [0.2, 0.25) is 0 Å². The van der Waals surface area contributed by atoms with Gasteiger partial charge in [-0.3, -0.25) is 4.90 Å². The van der Waals surface area contributed by atoms with Crippen molar-refractivity contribution in [2.75, 3.05) is 38.2 Å². The molecule has 0 aliphatic carbocycles. The minimum atomic E-state index is 0. The van der Waals surface area contributed by atoms with Gasteiger partial charge in [-0.15, -0.1) is 12.4 Å². The lowest BCUT2D eigenvalue weighted by molar-refractivity contribution is 0.203. The molecule has 2 aliphatic rings. The number of halogens is 1. The summed E-state index contributed by atoms with van der Waals surface area (Å²) in [6, 6.07) is 0.884. The molecule has 0 amide bonds. The highest BCUT2D eigenvalue weighted by Crippen LogP contribution is 2.23. The molecule has 0 bridgehead atoms. The van der Waals surface area contributed by atoms with Gasteiger partial charge < -0.3 is 5.32 Å². The molecule has 0 aromatic carbocycles. The lowest BCUT2D eigenvalue weighted by Gasteiger charge is -2.31. The molecular formula is C12H25ClN2S. The Morgan fingerprint density at radius 1 is 1.25 bits per heavy atom. The topological polar surface area (TPSA) is 15.3 Å². The molecule has 96 valence electrons. The van der Waals surface area contributed by atoms with Crippen molar-refractivity contribution in [1.29, 1.82) is 0 Å². The van der Waals surface area contributed by atoms with Gasteiger partial charge in [-0.25, -0.2) is 0 Å². The Morgan fingerprint density at radius 3 is 2.69 bits per heavy atom. The van der Waals surface area contributed by atoms with Crippen LogP contribution in [0.25, 0.3) is 0 Å². The fourth-order valence-corrected chi connectivity index (χ4v) is 3.67. The number of nitrogens with zero attached hydrogens (tertiary/aromatic N) is 1. The first-order chi connectivity index (χ1) is 7.40. The first-order valence-electron chi connectivity index (χ1n) is 6.34. The summed E-state index contributed by atoms with van der Waals surface area (Å²) in [6.45, 7) is 5.21. The van der Waals surface area contributed by atoms with Gasteiger partial charge in [0.25, 0.3) is 0 Å². The number of hydrogen-bond acceptors (Lipinski definition) is 3. The predicted octanol–water partition coefficient (Wildman–Crippen LogP) is 2.24. The average molecular weight is 265 g/mol. The molecular weight excluding hydrogens is 240 g/mol. The summed E-state index contributed by atoms with van der Waals surface area (Å²) >= 11 is 2.01. The zero-order valence-corrected chi connectivity index (χ0v) is 11.9. The maximum Gasteiger partial charge on any atom is 0.0186 e. The van der Waals surface area contributed by atoms with Crippen LogP contribution in [0.3, 0.4) is 0 Å². The molecule has 2 aliphatic heterocycles. The second-order valence-corrected chi connectivity index (χ2v) is 5.85. The van der Waals surface area contributed by atoms with Crippen LogP contribution in [-0.2, 0) is 0 Å². The van der Waals surface area contributed by atoms with E-state index in [2.05, 4.69) is 16.5 Å². The van der Waals surface area contributed by atoms with Gasteiger partial charge >= 0.3 is 0 Å². The highest BCUT2D eigenvalue weighted by atomic mass is 35.5. The van der Waals surface area contributed by atoms with Crippen LogP contribution in [0.5, 0.6) is 0 Å². The minimum absolute atomic E-state index is 0. The molecule has 0 saturated carbocycles. The van der Waals surface area contributed by atoms with Gasteiger partial charge in [0.05, 0.1) is 0 Å². The van der Waals surface area contributed by atoms with E-state index >= 15 is 0 Å². The maximum absolute atomic E-state index is 3.45. The van der Waals surface area contributed by atoms with Gasteiger partial charge in [0.15, 0.2) is 0 Å². The summed E-state index contributed by atoms with van der Waals surface area (Å²) in [4.78, 5) is 2.76. The molecule has 4 heteroatoms. The molecule has 16 heavy (non-hydrogen) atoms. The van der Waals surface area contributed by atoms with Crippen LogP contribution in [0.4, 0.5) is 0 Å². The number of nitrogens with one attached hydrogen (secondary N) is 1. The van der Waals surface area contributed by atoms with Crippen LogP contribution in [0.15, 0.2) is 0 Å². The molecule has 0 aromatic heterocycles. The van der Waals surface area contributed by atoms with Gasteiger partial charge in [0.1, 0.15) is 0 Å². The molecule has 1 unspecified atom stereocenters. The zero-order valence-electron chi connectivity index (χ0n) is 10.3. The highest BCUT2D eigenvalue weighted by molar-refractivity contribution is 7.98. The van der Waals surface area contributed by atoms with Crippen molar-refractivity contribution in [3.05, 3.63) is 0 Å². The normalized spacial score (nSPS) is 27.9. The first kappa shape index (κ1) is 14.6. The number of piperidine rings is 1. The second kappa shape index (κ2) is 7.80. The van der Waals surface area contributed by atoms with E-state index in [1.54, 1.807) is 0 Å². The third kappa shape index (κ3) is 4.10. The summed E-state index contributed by atoms with van der Waals surface area (Å²) in [6.07, 6.45) is 7.88. The Bertz CT molecular complexity index is 186. The Morgan fingerprint density at radius 2 is 2.00 bits per heavy atom. The van der Waals surface area contributed by atoms with E-state index in [1.807, 2.05) is 11.8 Å². The van der Waals surface area contributed by atoms with Crippen LogP contribution >= 0.6 is 24.2 Å². The lowest BCUT2D eigenvalue weighted by atomic mass is 9.97. The van der Waals surface area contributed by atoms with Crippen molar-refractivity contribution >= 4 is 24.2 Å². The SMILES string of the molecule is CSCC1CCCN1CC1CCNCC1.Cl. The molecule has 2 rings (SSSR count). The van der Waals surface area contributed by atoms with Crippen molar-refractivity contribution < 1.29 is 0 Å². The molecule has 2 heterocycles. The Labute approximate surface area is 110 Å². The van der Waals surface area contributed by atoms with E-state index in [9.17, 15) is 0 Å². The molecule has 0 aromatic rings. The number of thioether (sulfide) groups is 1. The van der Waals surface area contributed by atoms with Crippen LogP contribution in [0.1, 0.15) is 25.7 Å². The van der Waals surface area contributed by atoms with E-state index in [-0.39, 0.29) is 12.4 Å². The van der Waals surface area contributed by atoms with Gasteiger partial charge in [0, 0.05) is 18.3 Å². The third-order valence-corrected chi connectivity index (χ3v) is 4.53. The molecule has 2 fully saturated rings. The summed E-state index contributed by atoms with van der Waals surface area (Å²) in [5.74, 6) is 2.30. The maximum atomic E-state index is 3.45. The molecule has 1 N–H and O–H groups in total. The molecule has 1 atom stereocenters. The van der Waals surface area contributed by atoms with Crippen molar-refractivity contribution in [3.8, 4) is 0 Å². The van der Waals surface area contributed by atoms with Crippen molar-refractivity contribution in [2.45, 2.75) is 31.7 Å². The summed E-state index contributed by atoms with van der Waals surface area (Å²) in [5.41, 5.74) is 0. The fourth-order valence-electron chi connectivity index (χ4n) is 2.91. The predicted molar refractivity (Wildman–Crippen MR) is 75.8 cm³/mol. The summed E-state index contributed by atoms with van der Waals surface area (Å²) in [5, 5.41) is 3.45. The highest BCUT2D eigenvalue weighted by Gasteiger charge is 2.26. The van der Waals surface area contributed by atoms with E-state index in [1.165, 1.54) is 57.6 Å². The lowest BCUT2D eigenvalue weighted by Crippen LogP contribution is -2.39. The summed E-state index contributed by atoms with van der Waals surface area (Å²) in [7, 11) is 0. The number of rotatable bonds is 4. The molecule has 0 spiro atoms. The second-order valence-electron chi connectivity index (χ2n) is 4.94. The Kier molecular flexibility index (Phi) is 7.13. The van der Waals surface area contributed by atoms with Crippen LogP contribution < -0.4 is 5.32 Å². The minimum Gasteiger partial charge on any atom is -0.317 e. The Balaban J connectivity index is 0.00000128. The largest absolute Gasteiger partial charge is 0.317 e. The van der Waals surface area contributed by atoms with Crippen molar-refractivity contribution in [3.63, 3.8) is 0 Å². The van der Waals surface area contributed by atoms with E-state index in [4.69, 9.17) is 0 Å². The van der Waals surface area contributed by atoms with Gasteiger partial charge in [-0.2, -0.15) is 11.8 Å². The fraction of sp³-hybridized carbons (Fsp3) is 1.00. The average Bonchev–Trinajstić information content (AvgIpc) is 2.68. The molecule has 2 nitrogen and oxygen atoms in total. The van der Waals surface area contributed by atoms with Crippen molar-refractivity contribution in [1.82, 2.24) is 10.2 Å². The molecule has 0 radical (unpaired) electrons. The number of likely N-dealkylation sites (tertiary alicyclic amines) is 1. The van der Waals surface area contributed by atoms with Gasteiger partial charge in [-0.05, 0) is 57.5 Å². The first-order valence-corrected chi connectivity index (χ1v) is 7.73. The number of hydrogen-bond donors (Lipinski definition) is 1. The van der Waals surface area contributed by atoms with E-state index < -0.39 is 0 Å². The van der Waals surface area contributed by atoms with E-state index in [0.717, 1.165) is 12.0 Å². The van der Waals surface area contributed by atoms with E-state index in [0.29, 0.717) is 0 Å². The zero-order chi connectivity index (χ0) is 10.5. The monoisotopic (exact) mass is 264 g/mol. The van der Waals surface area contributed by atoms with Gasteiger partial charge in [-0.1, -0.05) is 0 Å². The van der Waals surface area contributed by atoms with Gasteiger partial charge in [0.2, 0.25) is 0 Å². The molecule has 2 saturated heterocycles. The third-order valence-electron chi connectivity index (χ3n) is 3.81. The van der Waals surface area contributed by atoms with Crippen LogP contribution in [-0.4, -0.2) is 49.1 Å². The van der Waals surface area contributed by atoms with Crippen molar-refractivity contribution in [2.24, 2.45) is 5.92 Å².